The van der Waals surface area contributed by atoms with E-state index in [0.717, 1.165) is 19.4 Å². The smallest absolute Gasteiger partial charge is 0.113 e. The minimum absolute atomic E-state index is 0.0552. The second-order valence-electron chi connectivity index (χ2n) is 5.56. The van der Waals surface area contributed by atoms with Gasteiger partial charge in [0, 0.05) is 11.5 Å². The molecule has 18 heavy (non-hydrogen) atoms. The first-order valence-electron chi connectivity index (χ1n) is 7.03. The van der Waals surface area contributed by atoms with Gasteiger partial charge in [0.1, 0.15) is 5.01 Å². The Morgan fingerprint density at radius 2 is 2.22 bits per heavy atom. The van der Waals surface area contributed by atoms with Crippen molar-refractivity contribution in [3.63, 3.8) is 0 Å². The molecule has 1 saturated heterocycles. The number of fused-ring (bicyclic) bond motifs is 1. The minimum atomic E-state index is 0.0552. The lowest BCUT2D eigenvalue weighted by Crippen LogP contribution is -2.47. The number of hydrogen-bond acceptors (Lipinski definition) is 4. The van der Waals surface area contributed by atoms with E-state index in [4.69, 9.17) is 9.72 Å². The van der Waals surface area contributed by atoms with E-state index in [1.807, 2.05) is 11.3 Å². The van der Waals surface area contributed by atoms with Gasteiger partial charge in [-0.15, -0.1) is 11.3 Å². The average molecular weight is 266 g/mol. The number of aromatic nitrogens is 1. The Hall–Kier alpha value is -0.450. The van der Waals surface area contributed by atoms with Gasteiger partial charge in [0.15, 0.2) is 0 Å². The summed E-state index contributed by atoms with van der Waals surface area (Å²) in [6, 6.07) is 0. The van der Waals surface area contributed by atoms with Crippen LogP contribution in [0.4, 0.5) is 0 Å². The third-order valence-electron chi connectivity index (χ3n) is 4.30. The van der Waals surface area contributed by atoms with Crippen molar-refractivity contribution in [3.05, 3.63) is 15.6 Å². The molecular formula is C14H22N2OS. The van der Waals surface area contributed by atoms with Crippen molar-refractivity contribution in [2.24, 2.45) is 0 Å². The molecule has 1 fully saturated rings. The lowest BCUT2D eigenvalue weighted by atomic mass is 9.87. The summed E-state index contributed by atoms with van der Waals surface area (Å²) in [5, 5.41) is 4.84. The number of ether oxygens (including phenoxy) is 1. The molecule has 0 bridgehead atoms. The van der Waals surface area contributed by atoms with Gasteiger partial charge in [0.25, 0.3) is 0 Å². The zero-order valence-electron chi connectivity index (χ0n) is 11.3. The van der Waals surface area contributed by atoms with Crippen LogP contribution in [0.15, 0.2) is 0 Å². The molecule has 0 spiro atoms. The highest BCUT2D eigenvalue weighted by molar-refractivity contribution is 7.11. The molecule has 0 radical (unpaired) electrons. The van der Waals surface area contributed by atoms with Gasteiger partial charge in [0.05, 0.1) is 17.3 Å². The Bertz CT molecular complexity index is 408. The second-order valence-corrected chi connectivity index (χ2v) is 6.65. The maximum atomic E-state index is 5.70. The molecule has 1 aromatic heterocycles. The van der Waals surface area contributed by atoms with Crippen molar-refractivity contribution in [2.75, 3.05) is 13.7 Å². The van der Waals surface area contributed by atoms with Gasteiger partial charge in [-0.3, -0.25) is 0 Å². The van der Waals surface area contributed by atoms with Crippen LogP contribution in [0.1, 0.15) is 48.2 Å². The SMILES string of the molecule is CNC1(c2nc3c(s2)CCCC3)CCOC(C)C1. The lowest BCUT2D eigenvalue weighted by Gasteiger charge is -2.38. The fraction of sp³-hybridized carbons (Fsp3) is 0.786. The van der Waals surface area contributed by atoms with Crippen LogP contribution >= 0.6 is 11.3 Å². The van der Waals surface area contributed by atoms with Crippen LogP contribution in [0.2, 0.25) is 0 Å². The highest BCUT2D eigenvalue weighted by Gasteiger charge is 2.39. The van der Waals surface area contributed by atoms with E-state index in [-0.39, 0.29) is 5.54 Å². The molecule has 100 valence electrons. The predicted molar refractivity (Wildman–Crippen MR) is 74.1 cm³/mol. The molecule has 2 atom stereocenters. The monoisotopic (exact) mass is 266 g/mol. The summed E-state index contributed by atoms with van der Waals surface area (Å²) in [4.78, 5) is 6.48. The number of thiazole rings is 1. The lowest BCUT2D eigenvalue weighted by molar-refractivity contribution is -0.0185. The summed E-state index contributed by atoms with van der Waals surface area (Å²) >= 11 is 1.94. The van der Waals surface area contributed by atoms with Crippen LogP contribution in [0.5, 0.6) is 0 Å². The van der Waals surface area contributed by atoms with Crippen molar-refractivity contribution in [3.8, 4) is 0 Å². The molecular weight excluding hydrogens is 244 g/mol. The first kappa shape index (κ1) is 12.6. The number of hydrogen-bond donors (Lipinski definition) is 1. The standard InChI is InChI=1S/C14H22N2OS/c1-10-9-14(15-2,7-8-17-10)13-16-11-5-3-4-6-12(11)18-13/h10,15H,3-9H2,1-2H3. The van der Waals surface area contributed by atoms with Gasteiger partial charge in [-0.1, -0.05) is 0 Å². The number of nitrogens with one attached hydrogen (secondary N) is 1. The molecule has 1 aliphatic heterocycles. The van der Waals surface area contributed by atoms with Crippen LogP contribution < -0.4 is 5.32 Å². The van der Waals surface area contributed by atoms with Gasteiger partial charge in [-0.05, 0) is 52.5 Å². The third kappa shape index (κ3) is 2.10. The highest BCUT2D eigenvalue weighted by atomic mass is 32.1. The topological polar surface area (TPSA) is 34.2 Å². The Balaban J connectivity index is 1.93. The summed E-state index contributed by atoms with van der Waals surface area (Å²) < 4.78 is 5.70. The molecule has 3 nitrogen and oxygen atoms in total. The molecule has 2 heterocycles. The van der Waals surface area contributed by atoms with Crippen molar-refractivity contribution in [1.82, 2.24) is 10.3 Å². The molecule has 0 saturated carbocycles. The molecule has 3 rings (SSSR count). The van der Waals surface area contributed by atoms with Crippen LogP contribution in [0.25, 0.3) is 0 Å². The zero-order valence-corrected chi connectivity index (χ0v) is 12.1. The average Bonchev–Trinajstić information content (AvgIpc) is 2.83. The molecule has 2 unspecified atom stereocenters. The molecule has 4 heteroatoms. The summed E-state index contributed by atoms with van der Waals surface area (Å²) in [5.74, 6) is 0. The maximum Gasteiger partial charge on any atom is 0.113 e. The van der Waals surface area contributed by atoms with E-state index >= 15 is 0 Å². The van der Waals surface area contributed by atoms with E-state index in [0.29, 0.717) is 6.10 Å². The Morgan fingerprint density at radius 3 is 2.94 bits per heavy atom. The van der Waals surface area contributed by atoms with Crippen LogP contribution in [-0.4, -0.2) is 24.7 Å². The quantitative estimate of drug-likeness (QED) is 0.893. The second kappa shape index (κ2) is 4.91. The van der Waals surface area contributed by atoms with Crippen molar-refractivity contribution >= 4 is 11.3 Å². The predicted octanol–water partition coefficient (Wildman–Crippen LogP) is 2.64. The Kier molecular flexibility index (Phi) is 3.43. The molecule has 1 N–H and O–H groups in total. The fourth-order valence-corrected chi connectivity index (χ4v) is 4.55. The Morgan fingerprint density at radius 1 is 1.39 bits per heavy atom. The van der Waals surface area contributed by atoms with Crippen LogP contribution in [0, 0.1) is 0 Å². The van der Waals surface area contributed by atoms with Crippen LogP contribution in [-0.2, 0) is 23.1 Å². The summed E-state index contributed by atoms with van der Waals surface area (Å²) in [5.41, 5.74) is 1.43. The molecule has 0 aromatic carbocycles. The highest BCUT2D eigenvalue weighted by Crippen LogP contribution is 2.39. The van der Waals surface area contributed by atoms with Gasteiger partial charge >= 0.3 is 0 Å². The summed E-state index contributed by atoms with van der Waals surface area (Å²) in [7, 11) is 2.07. The molecule has 1 aliphatic carbocycles. The molecule has 0 amide bonds. The third-order valence-corrected chi connectivity index (χ3v) is 5.66. The first-order chi connectivity index (χ1) is 8.73. The van der Waals surface area contributed by atoms with E-state index in [2.05, 4.69) is 19.3 Å². The molecule has 1 aromatic rings. The van der Waals surface area contributed by atoms with E-state index < -0.39 is 0 Å². The largest absolute Gasteiger partial charge is 0.378 e. The summed E-state index contributed by atoms with van der Waals surface area (Å²) in [6.07, 6.45) is 7.46. The van der Waals surface area contributed by atoms with E-state index in [1.165, 1.54) is 41.3 Å². The van der Waals surface area contributed by atoms with Gasteiger partial charge in [0.2, 0.25) is 0 Å². The zero-order chi connectivity index (χ0) is 12.6. The van der Waals surface area contributed by atoms with Gasteiger partial charge < -0.3 is 10.1 Å². The minimum Gasteiger partial charge on any atom is -0.378 e. The van der Waals surface area contributed by atoms with Crippen molar-refractivity contribution in [2.45, 2.75) is 57.1 Å². The Labute approximate surface area is 113 Å². The van der Waals surface area contributed by atoms with Gasteiger partial charge in [-0.25, -0.2) is 4.98 Å². The summed E-state index contributed by atoms with van der Waals surface area (Å²) in [6.45, 7) is 3.00. The molecule has 2 aliphatic rings. The maximum absolute atomic E-state index is 5.70. The van der Waals surface area contributed by atoms with Crippen LogP contribution in [0.3, 0.4) is 0 Å². The van der Waals surface area contributed by atoms with E-state index in [9.17, 15) is 0 Å². The van der Waals surface area contributed by atoms with Crippen molar-refractivity contribution < 1.29 is 4.74 Å². The van der Waals surface area contributed by atoms with E-state index in [1.54, 1.807) is 0 Å². The van der Waals surface area contributed by atoms with Crippen molar-refractivity contribution in [1.29, 1.82) is 0 Å². The number of nitrogens with zero attached hydrogens (tertiary/aromatic N) is 1. The normalized spacial score (nSPS) is 32.2. The number of rotatable bonds is 2. The van der Waals surface area contributed by atoms with Gasteiger partial charge in [-0.2, -0.15) is 0 Å². The number of aryl methyl sites for hydroxylation is 2. The first-order valence-corrected chi connectivity index (χ1v) is 7.85. The fourth-order valence-electron chi connectivity index (χ4n) is 3.17.